The summed E-state index contributed by atoms with van der Waals surface area (Å²) in [5.74, 6) is -0.578. The Balaban J connectivity index is 1.79. The van der Waals surface area contributed by atoms with Crippen LogP contribution in [0, 0.1) is 0 Å². The summed E-state index contributed by atoms with van der Waals surface area (Å²) in [5, 5.41) is 26.2. The van der Waals surface area contributed by atoms with Crippen molar-refractivity contribution in [2.75, 3.05) is 6.61 Å². The molecule has 0 bridgehead atoms. The Labute approximate surface area is 134 Å². The van der Waals surface area contributed by atoms with Gasteiger partial charge in [-0.05, 0) is 12.5 Å². The van der Waals surface area contributed by atoms with Crippen LogP contribution in [0.4, 0.5) is 0 Å². The molecule has 0 fully saturated rings. The number of benzene rings is 1. The van der Waals surface area contributed by atoms with Gasteiger partial charge in [-0.2, -0.15) is 5.10 Å². The van der Waals surface area contributed by atoms with Crippen molar-refractivity contribution in [2.45, 2.75) is 25.7 Å². The summed E-state index contributed by atoms with van der Waals surface area (Å²) in [6.07, 6.45) is 0.157. The molecule has 0 radical (unpaired) electrons. The lowest BCUT2D eigenvalue weighted by Crippen LogP contribution is -2.38. The van der Waals surface area contributed by atoms with Crippen LogP contribution in [-0.2, 0) is 23.2 Å². The maximum atomic E-state index is 11.9. The van der Waals surface area contributed by atoms with E-state index in [1.54, 1.807) is 14.0 Å². The van der Waals surface area contributed by atoms with E-state index in [2.05, 4.69) is 10.4 Å². The highest BCUT2D eigenvalue weighted by atomic mass is 16.5. The second-order valence-electron chi connectivity index (χ2n) is 5.32. The van der Waals surface area contributed by atoms with Crippen molar-refractivity contribution in [2.24, 2.45) is 7.05 Å². The van der Waals surface area contributed by atoms with E-state index in [0.717, 1.165) is 5.56 Å². The lowest BCUT2D eigenvalue weighted by atomic mass is 10.2. The number of aliphatic hydroxyl groups is 1. The lowest BCUT2D eigenvalue weighted by molar-refractivity contribution is -0.133. The van der Waals surface area contributed by atoms with Crippen LogP contribution in [0.2, 0.25) is 0 Å². The standard InChI is InChI=1S/C16H21N3O4/c1-11(15-13(20)8-19(2)18-15)17-16(22)14(21)10-23-9-12-6-4-3-5-7-12/h3-8,11,14,20-21H,9-10H2,1-2H3,(H,17,22)/t11?,14-/m0/s1. The molecule has 1 amide bonds. The minimum absolute atomic E-state index is 0.00452. The van der Waals surface area contributed by atoms with E-state index in [-0.39, 0.29) is 12.4 Å². The van der Waals surface area contributed by atoms with Crippen LogP contribution >= 0.6 is 0 Å². The van der Waals surface area contributed by atoms with Gasteiger partial charge in [0.2, 0.25) is 0 Å². The summed E-state index contributed by atoms with van der Waals surface area (Å²) in [6.45, 7) is 1.89. The van der Waals surface area contributed by atoms with Crippen LogP contribution in [0.25, 0.3) is 0 Å². The first kappa shape index (κ1) is 17.0. The second-order valence-corrected chi connectivity index (χ2v) is 5.32. The number of nitrogens with one attached hydrogen (secondary N) is 1. The Bertz CT molecular complexity index is 642. The number of carbonyl (C=O) groups excluding carboxylic acids is 1. The van der Waals surface area contributed by atoms with Gasteiger partial charge in [0.15, 0.2) is 11.9 Å². The molecule has 0 aliphatic heterocycles. The SMILES string of the molecule is CC(NC(=O)[C@@H](O)COCc1ccccc1)c1nn(C)cc1O. The molecule has 0 aliphatic rings. The molecule has 0 saturated carbocycles. The maximum absolute atomic E-state index is 11.9. The minimum atomic E-state index is -1.29. The zero-order valence-corrected chi connectivity index (χ0v) is 13.1. The Morgan fingerprint density at radius 2 is 2.09 bits per heavy atom. The summed E-state index contributed by atoms with van der Waals surface area (Å²) in [5.41, 5.74) is 1.31. The van der Waals surface area contributed by atoms with Crippen molar-refractivity contribution < 1.29 is 19.7 Å². The smallest absolute Gasteiger partial charge is 0.251 e. The highest BCUT2D eigenvalue weighted by Crippen LogP contribution is 2.21. The summed E-state index contributed by atoms with van der Waals surface area (Å²) in [7, 11) is 1.67. The monoisotopic (exact) mass is 319 g/mol. The fourth-order valence-electron chi connectivity index (χ4n) is 2.12. The molecule has 7 heteroatoms. The van der Waals surface area contributed by atoms with Gasteiger partial charge >= 0.3 is 0 Å². The van der Waals surface area contributed by atoms with Gasteiger partial charge in [-0.25, -0.2) is 0 Å². The molecule has 0 spiro atoms. The maximum Gasteiger partial charge on any atom is 0.251 e. The fraction of sp³-hybridized carbons (Fsp3) is 0.375. The average molecular weight is 319 g/mol. The van der Waals surface area contributed by atoms with Crippen molar-refractivity contribution in [3.05, 3.63) is 47.8 Å². The van der Waals surface area contributed by atoms with Crippen LogP contribution < -0.4 is 5.32 Å². The topological polar surface area (TPSA) is 96.6 Å². The van der Waals surface area contributed by atoms with Gasteiger partial charge in [-0.15, -0.1) is 0 Å². The van der Waals surface area contributed by atoms with Gasteiger partial charge < -0.3 is 20.3 Å². The Morgan fingerprint density at radius 1 is 1.39 bits per heavy atom. The summed E-state index contributed by atoms with van der Waals surface area (Å²) in [6, 6.07) is 8.97. The van der Waals surface area contributed by atoms with E-state index < -0.39 is 18.1 Å². The van der Waals surface area contributed by atoms with Crippen molar-refractivity contribution in [1.29, 1.82) is 0 Å². The Hall–Kier alpha value is -2.38. The van der Waals surface area contributed by atoms with Crippen molar-refractivity contribution >= 4 is 5.91 Å². The van der Waals surface area contributed by atoms with Crippen LogP contribution in [0.15, 0.2) is 36.5 Å². The highest BCUT2D eigenvalue weighted by Gasteiger charge is 2.21. The van der Waals surface area contributed by atoms with Crippen LogP contribution in [-0.4, -0.2) is 38.6 Å². The number of carbonyl (C=O) groups is 1. The molecule has 23 heavy (non-hydrogen) atoms. The van der Waals surface area contributed by atoms with Gasteiger partial charge in [-0.1, -0.05) is 30.3 Å². The van der Waals surface area contributed by atoms with Gasteiger partial charge in [-0.3, -0.25) is 9.48 Å². The molecule has 0 aliphatic carbocycles. The highest BCUT2D eigenvalue weighted by molar-refractivity contribution is 5.81. The third-order valence-electron chi connectivity index (χ3n) is 3.30. The van der Waals surface area contributed by atoms with E-state index in [4.69, 9.17) is 4.74 Å². The van der Waals surface area contributed by atoms with Crippen molar-refractivity contribution in [3.63, 3.8) is 0 Å². The number of aliphatic hydroxyl groups excluding tert-OH is 1. The summed E-state index contributed by atoms with van der Waals surface area (Å²) < 4.78 is 6.79. The van der Waals surface area contributed by atoms with Gasteiger partial charge in [0.1, 0.15) is 5.69 Å². The average Bonchev–Trinajstić information content (AvgIpc) is 2.87. The zero-order chi connectivity index (χ0) is 16.8. The quantitative estimate of drug-likeness (QED) is 0.704. The number of ether oxygens (including phenoxy) is 1. The fourth-order valence-corrected chi connectivity index (χ4v) is 2.12. The molecule has 3 N–H and O–H groups in total. The van der Waals surface area contributed by atoms with E-state index >= 15 is 0 Å². The second kappa shape index (κ2) is 7.75. The molecule has 2 aromatic rings. The summed E-state index contributed by atoms with van der Waals surface area (Å²) >= 11 is 0. The number of hydrogen-bond donors (Lipinski definition) is 3. The molecule has 1 aromatic carbocycles. The number of hydrogen-bond acceptors (Lipinski definition) is 5. The number of amides is 1. The Morgan fingerprint density at radius 3 is 2.70 bits per heavy atom. The largest absolute Gasteiger partial charge is 0.504 e. The molecule has 1 aromatic heterocycles. The summed E-state index contributed by atoms with van der Waals surface area (Å²) in [4.78, 5) is 11.9. The first-order chi connectivity index (χ1) is 11.0. The molecule has 2 atom stereocenters. The van der Waals surface area contributed by atoms with E-state index in [0.29, 0.717) is 12.3 Å². The first-order valence-electron chi connectivity index (χ1n) is 7.30. The number of aryl methyl sites for hydroxylation is 1. The van der Waals surface area contributed by atoms with Gasteiger partial charge in [0.25, 0.3) is 5.91 Å². The van der Waals surface area contributed by atoms with Gasteiger partial charge in [0, 0.05) is 7.05 Å². The predicted molar refractivity (Wildman–Crippen MR) is 83.5 cm³/mol. The van der Waals surface area contributed by atoms with E-state index in [1.165, 1.54) is 10.9 Å². The van der Waals surface area contributed by atoms with Crippen molar-refractivity contribution in [1.82, 2.24) is 15.1 Å². The van der Waals surface area contributed by atoms with Crippen LogP contribution in [0.1, 0.15) is 24.2 Å². The number of nitrogens with zero attached hydrogens (tertiary/aromatic N) is 2. The van der Waals surface area contributed by atoms with E-state index in [9.17, 15) is 15.0 Å². The third-order valence-corrected chi connectivity index (χ3v) is 3.30. The van der Waals surface area contributed by atoms with Gasteiger partial charge in [0.05, 0.1) is 25.5 Å². The minimum Gasteiger partial charge on any atom is -0.504 e. The molecule has 0 saturated heterocycles. The molecular formula is C16H21N3O4. The zero-order valence-electron chi connectivity index (χ0n) is 13.1. The predicted octanol–water partition coefficient (Wildman–Crippen LogP) is 0.881. The molecule has 124 valence electrons. The number of rotatable bonds is 7. The Kier molecular flexibility index (Phi) is 5.72. The normalized spacial score (nSPS) is 13.5. The number of aromatic nitrogens is 2. The van der Waals surface area contributed by atoms with Crippen LogP contribution in [0.5, 0.6) is 5.75 Å². The first-order valence-corrected chi connectivity index (χ1v) is 7.30. The lowest BCUT2D eigenvalue weighted by Gasteiger charge is -2.16. The molecule has 1 heterocycles. The van der Waals surface area contributed by atoms with E-state index in [1.807, 2.05) is 30.3 Å². The van der Waals surface area contributed by atoms with Crippen LogP contribution in [0.3, 0.4) is 0 Å². The molecule has 2 rings (SSSR count). The molecular weight excluding hydrogens is 298 g/mol. The number of aromatic hydroxyl groups is 1. The molecule has 7 nitrogen and oxygen atoms in total. The van der Waals surface area contributed by atoms with Crippen molar-refractivity contribution in [3.8, 4) is 5.75 Å². The molecule has 1 unspecified atom stereocenters. The third kappa shape index (κ3) is 4.80.